The van der Waals surface area contributed by atoms with Crippen LogP contribution in [-0.2, 0) is 14.8 Å². The number of rotatable bonds is 6. The van der Waals surface area contributed by atoms with E-state index < -0.39 is 27.4 Å². The number of sulfonamides is 1. The summed E-state index contributed by atoms with van der Waals surface area (Å²) in [5.74, 6) is -0.784. The lowest BCUT2D eigenvalue weighted by Crippen LogP contribution is -2.40. The fraction of sp³-hybridized carbons (Fsp3) is 0.333. The number of carbonyl (C=O) groups is 2. The van der Waals surface area contributed by atoms with Crippen molar-refractivity contribution in [2.24, 2.45) is 0 Å². The second-order valence-electron chi connectivity index (χ2n) is 7.69. The third kappa shape index (κ3) is 5.58. The second kappa shape index (κ2) is 8.85. The molecule has 0 aliphatic carbocycles. The Bertz CT molecular complexity index is 1070. The van der Waals surface area contributed by atoms with Crippen molar-refractivity contribution < 1.29 is 27.5 Å². The van der Waals surface area contributed by atoms with Crippen LogP contribution in [0.25, 0.3) is 0 Å². The fourth-order valence-corrected chi connectivity index (χ4v) is 4.15. The molecule has 0 radical (unpaired) electrons. The molecule has 162 valence electrons. The van der Waals surface area contributed by atoms with Gasteiger partial charge in [0.1, 0.15) is 5.75 Å². The van der Waals surface area contributed by atoms with E-state index in [4.69, 9.17) is 9.47 Å². The van der Waals surface area contributed by atoms with Gasteiger partial charge in [-0.1, -0.05) is 6.07 Å². The van der Waals surface area contributed by atoms with Crippen LogP contribution in [0.1, 0.15) is 47.1 Å². The molecule has 2 aromatic carbocycles. The lowest BCUT2D eigenvalue weighted by Gasteiger charge is -2.21. The Hall–Kier alpha value is -2.91. The molecule has 0 fully saturated rings. The summed E-state index contributed by atoms with van der Waals surface area (Å²) in [5, 5.41) is 2.65. The van der Waals surface area contributed by atoms with Crippen LogP contribution in [0, 0.1) is 6.92 Å². The van der Waals surface area contributed by atoms with Crippen molar-refractivity contribution >= 4 is 27.6 Å². The van der Waals surface area contributed by atoms with Gasteiger partial charge in [-0.15, -0.1) is 0 Å². The van der Waals surface area contributed by atoms with Crippen LogP contribution >= 0.6 is 0 Å². The molecule has 0 heterocycles. The van der Waals surface area contributed by atoms with Crippen molar-refractivity contribution in [2.75, 3.05) is 19.5 Å². The van der Waals surface area contributed by atoms with Crippen molar-refractivity contribution in [3.8, 4) is 5.75 Å². The summed E-state index contributed by atoms with van der Waals surface area (Å²) in [6, 6.07) is 8.85. The number of hydrogen-bond acceptors (Lipinski definition) is 6. The van der Waals surface area contributed by atoms with E-state index in [1.165, 1.54) is 38.5 Å². The van der Waals surface area contributed by atoms with Crippen LogP contribution in [0.15, 0.2) is 41.3 Å². The quantitative estimate of drug-likeness (QED) is 0.676. The molecule has 0 aliphatic rings. The number of hydrogen-bond donors (Lipinski definition) is 2. The molecule has 0 atom stereocenters. The number of benzene rings is 2. The van der Waals surface area contributed by atoms with Gasteiger partial charge >= 0.3 is 5.97 Å². The Labute approximate surface area is 176 Å². The second-order valence-corrected chi connectivity index (χ2v) is 9.37. The normalized spacial score (nSPS) is 11.7. The lowest BCUT2D eigenvalue weighted by molar-refractivity contribution is 0.0601. The summed E-state index contributed by atoms with van der Waals surface area (Å²) in [6.07, 6.45) is 0. The zero-order valence-corrected chi connectivity index (χ0v) is 18.6. The molecule has 0 bridgehead atoms. The number of ether oxygens (including phenoxy) is 2. The zero-order valence-electron chi connectivity index (χ0n) is 17.8. The maximum Gasteiger partial charge on any atom is 0.340 e. The molecule has 8 nitrogen and oxygen atoms in total. The van der Waals surface area contributed by atoms with Crippen molar-refractivity contribution in [3.63, 3.8) is 0 Å². The summed E-state index contributed by atoms with van der Waals surface area (Å²) in [7, 11) is -1.13. The summed E-state index contributed by atoms with van der Waals surface area (Å²) >= 11 is 0. The van der Waals surface area contributed by atoms with Gasteiger partial charge in [-0.05, 0) is 63.6 Å². The summed E-state index contributed by atoms with van der Waals surface area (Å²) in [4.78, 5) is 25.0. The van der Waals surface area contributed by atoms with Crippen LogP contribution in [0.2, 0.25) is 0 Å². The molecule has 1 amide bonds. The minimum atomic E-state index is -3.82. The predicted octanol–water partition coefficient (Wildman–Crippen LogP) is 3.12. The Morgan fingerprint density at radius 3 is 2.20 bits per heavy atom. The van der Waals surface area contributed by atoms with E-state index in [1.54, 1.807) is 39.8 Å². The minimum absolute atomic E-state index is 0.0314. The maximum absolute atomic E-state index is 12.9. The first kappa shape index (κ1) is 23.4. The predicted molar refractivity (Wildman–Crippen MR) is 114 cm³/mol. The van der Waals surface area contributed by atoms with Gasteiger partial charge in [-0.2, -0.15) is 0 Å². The van der Waals surface area contributed by atoms with Crippen molar-refractivity contribution in [1.82, 2.24) is 4.72 Å². The third-order valence-corrected chi connectivity index (χ3v) is 5.84. The Balaban J connectivity index is 2.42. The van der Waals surface area contributed by atoms with Gasteiger partial charge in [-0.3, -0.25) is 4.79 Å². The van der Waals surface area contributed by atoms with E-state index in [0.717, 1.165) is 0 Å². The van der Waals surface area contributed by atoms with E-state index in [0.29, 0.717) is 11.3 Å². The average Bonchev–Trinajstić information content (AvgIpc) is 2.65. The van der Waals surface area contributed by atoms with E-state index in [-0.39, 0.29) is 21.7 Å². The standard InChI is InChI=1S/C21H26N2O6S/c1-13-7-9-15(30(26,27)23-21(2,3)4)12-16(13)19(24)22-18-10-8-14(28-5)11-17(18)20(25)29-6/h7-12,23H,1-6H3,(H,22,24). The number of methoxy groups -OCH3 is 2. The Morgan fingerprint density at radius 1 is 0.967 bits per heavy atom. The monoisotopic (exact) mass is 434 g/mol. The van der Waals surface area contributed by atoms with Gasteiger partial charge in [0.2, 0.25) is 10.0 Å². The number of anilines is 1. The van der Waals surface area contributed by atoms with E-state index >= 15 is 0 Å². The van der Waals surface area contributed by atoms with E-state index in [9.17, 15) is 18.0 Å². The fourth-order valence-electron chi connectivity index (χ4n) is 2.70. The number of aryl methyl sites for hydroxylation is 1. The van der Waals surface area contributed by atoms with Gasteiger partial charge in [0.05, 0.1) is 30.4 Å². The number of nitrogens with one attached hydrogen (secondary N) is 2. The Morgan fingerprint density at radius 2 is 1.63 bits per heavy atom. The molecule has 0 aromatic heterocycles. The molecule has 0 saturated carbocycles. The summed E-state index contributed by atoms with van der Waals surface area (Å²) < 4.78 is 37.7. The van der Waals surface area contributed by atoms with Gasteiger partial charge in [0, 0.05) is 11.1 Å². The highest BCUT2D eigenvalue weighted by Gasteiger charge is 2.24. The van der Waals surface area contributed by atoms with Gasteiger partial charge in [0.15, 0.2) is 0 Å². The maximum atomic E-state index is 12.9. The highest BCUT2D eigenvalue weighted by molar-refractivity contribution is 7.89. The highest BCUT2D eigenvalue weighted by atomic mass is 32.2. The topological polar surface area (TPSA) is 111 Å². The molecule has 2 N–H and O–H groups in total. The van der Waals surface area contributed by atoms with E-state index in [1.807, 2.05) is 0 Å². The highest BCUT2D eigenvalue weighted by Crippen LogP contribution is 2.25. The van der Waals surface area contributed by atoms with Crippen LogP contribution in [0.3, 0.4) is 0 Å². The molecule has 2 aromatic rings. The van der Waals surface area contributed by atoms with E-state index in [2.05, 4.69) is 10.0 Å². The van der Waals surface area contributed by atoms with Crippen molar-refractivity contribution in [1.29, 1.82) is 0 Å². The first-order valence-electron chi connectivity index (χ1n) is 9.10. The van der Waals surface area contributed by atoms with Crippen molar-refractivity contribution in [2.45, 2.75) is 38.1 Å². The van der Waals surface area contributed by atoms with Crippen LogP contribution in [-0.4, -0.2) is 40.1 Å². The largest absolute Gasteiger partial charge is 0.497 e. The lowest BCUT2D eigenvalue weighted by atomic mass is 10.1. The molecule has 2 rings (SSSR count). The summed E-state index contributed by atoms with van der Waals surface area (Å²) in [5.41, 5.74) is 0.396. The average molecular weight is 435 g/mol. The summed E-state index contributed by atoms with van der Waals surface area (Å²) in [6.45, 7) is 6.87. The number of amides is 1. The van der Waals surface area contributed by atoms with Gasteiger partial charge < -0.3 is 14.8 Å². The van der Waals surface area contributed by atoms with Crippen molar-refractivity contribution in [3.05, 3.63) is 53.1 Å². The minimum Gasteiger partial charge on any atom is -0.497 e. The molecular formula is C21H26N2O6S. The SMILES string of the molecule is COC(=O)c1cc(OC)ccc1NC(=O)c1cc(S(=O)(=O)NC(C)(C)C)ccc1C. The molecule has 30 heavy (non-hydrogen) atoms. The molecular weight excluding hydrogens is 408 g/mol. The molecule has 0 unspecified atom stereocenters. The molecule has 0 aliphatic heterocycles. The van der Waals surface area contributed by atoms with Gasteiger partial charge in [-0.25, -0.2) is 17.9 Å². The van der Waals surface area contributed by atoms with Crippen LogP contribution in [0.4, 0.5) is 5.69 Å². The molecule has 0 saturated heterocycles. The van der Waals surface area contributed by atoms with Crippen LogP contribution < -0.4 is 14.8 Å². The first-order valence-corrected chi connectivity index (χ1v) is 10.6. The number of carbonyl (C=O) groups excluding carboxylic acids is 2. The zero-order chi connectivity index (χ0) is 22.7. The smallest absolute Gasteiger partial charge is 0.340 e. The molecule has 9 heteroatoms. The molecule has 0 spiro atoms. The third-order valence-electron chi connectivity index (χ3n) is 4.08. The van der Waals surface area contributed by atoms with Crippen LogP contribution in [0.5, 0.6) is 5.75 Å². The number of esters is 1. The Kier molecular flexibility index (Phi) is 6.89. The first-order chi connectivity index (χ1) is 13.9. The van der Waals surface area contributed by atoms with Gasteiger partial charge in [0.25, 0.3) is 5.91 Å².